The third-order valence-corrected chi connectivity index (χ3v) is 5.02. The highest BCUT2D eigenvalue weighted by molar-refractivity contribution is 5.63. The average molecular weight is 376 g/mol. The third-order valence-electron chi connectivity index (χ3n) is 5.02. The normalized spacial score (nSPS) is 14.1. The molecule has 4 rings (SSSR count). The van der Waals surface area contributed by atoms with Gasteiger partial charge in [-0.1, -0.05) is 24.3 Å². The zero-order valence-corrected chi connectivity index (χ0v) is 16.2. The van der Waals surface area contributed by atoms with E-state index in [4.69, 9.17) is 14.5 Å². The SMILES string of the molecule is COc1cccc(-c2cncc(N3CCN(c4ccccc4OC)CC3)n2)c1. The van der Waals surface area contributed by atoms with Gasteiger partial charge in [0.2, 0.25) is 0 Å². The Balaban J connectivity index is 1.49. The van der Waals surface area contributed by atoms with E-state index in [2.05, 4.69) is 20.9 Å². The summed E-state index contributed by atoms with van der Waals surface area (Å²) in [7, 11) is 3.39. The first-order chi connectivity index (χ1) is 13.8. The van der Waals surface area contributed by atoms with E-state index in [0.717, 1.165) is 60.4 Å². The van der Waals surface area contributed by atoms with Gasteiger partial charge in [-0.2, -0.15) is 0 Å². The lowest BCUT2D eigenvalue weighted by molar-refractivity contribution is 0.413. The molecule has 144 valence electrons. The number of methoxy groups -OCH3 is 2. The Labute approximate surface area is 165 Å². The summed E-state index contributed by atoms with van der Waals surface area (Å²) < 4.78 is 10.8. The Morgan fingerprint density at radius 2 is 1.61 bits per heavy atom. The molecule has 1 saturated heterocycles. The lowest BCUT2D eigenvalue weighted by atomic mass is 10.1. The smallest absolute Gasteiger partial charge is 0.147 e. The van der Waals surface area contributed by atoms with Crippen LogP contribution in [0, 0.1) is 0 Å². The summed E-state index contributed by atoms with van der Waals surface area (Å²) in [4.78, 5) is 13.9. The van der Waals surface area contributed by atoms with Crippen LogP contribution in [0.1, 0.15) is 0 Å². The molecule has 2 aromatic carbocycles. The van der Waals surface area contributed by atoms with Gasteiger partial charge in [0, 0.05) is 31.7 Å². The van der Waals surface area contributed by atoms with E-state index in [1.165, 1.54) is 0 Å². The van der Waals surface area contributed by atoms with E-state index in [0.29, 0.717) is 0 Å². The minimum atomic E-state index is 0.815. The molecule has 0 amide bonds. The Bertz CT molecular complexity index is 939. The fourth-order valence-corrected chi connectivity index (χ4v) is 3.50. The van der Waals surface area contributed by atoms with Gasteiger partial charge < -0.3 is 19.3 Å². The van der Waals surface area contributed by atoms with Crippen LogP contribution < -0.4 is 19.3 Å². The largest absolute Gasteiger partial charge is 0.497 e. The van der Waals surface area contributed by atoms with Crippen LogP contribution in [0.2, 0.25) is 0 Å². The molecule has 3 aromatic rings. The minimum Gasteiger partial charge on any atom is -0.497 e. The first-order valence-electron chi connectivity index (χ1n) is 9.38. The van der Waals surface area contributed by atoms with Gasteiger partial charge in [-0.15, -0.1) is 0 Å². The van der Waals surface area contributed by atoms with Gasteiger partial charge in [0.25, 0.3) is 0 Å². The molecule has 0 N–H and O–H groups in total. The predicted octanol–water partition coefficient (Wildman–Crippen LogP) is 3.49. The lowest BCUT2D eigenvalue weighted by Gasteiger charge is -2.37. The molecule has 1 aliphatic rings. The number of benzene rings is 2. The number of anilines is 2. The highest BCUT2D eigenvalue weighted by Gasteiger charge is 2.21. The summed E-state index contributed by atoms with van der Waals surface area (Å²) in [5.74, 6) is 2.63. The molecule has 0 saturated carbocycles. The summed E-state index contributed by atoms with van der Waals surface area (Å²) >= 11 is 0. The van der Waals surface area contributed by atoms with Gasteiger partial charge >= 0.3 is 0 Å². The topological polar surface area (TPSA) is 50.7 Å². The fraction of sp³-hybridized carbons (Fsp3) is 0.273. The van der Waals surface area contributed by atoms with Crippen molar-refractivity contribution >= 4 is 11.5 Å². The number of ether oxygens (including phenoxy) is 2. The second kappa shape index (κ2) is 8.17. The lowest BCUT2D eigenvalue weighted by Crippen LogP contribution is -2.47. The van der Waals surface area contributed by atoms with Crippen molar-refractivity contribution < 1.29 is 9.47 Å². The van der Waals surface area contributed by atoms with Crippen molar-refractivity contribution in [2.24, 2.45) is 0 Å². The van der Waals surface area contributed by atoms with Crippen LogP contribution in [0.4, 0.5) is 11.5 Å². The second-order valence-electron chi connectivity index (χ2n) is 6.64. The summed E-state index contributed by atoms with van der Waals surface area (Å²) in [6.45, 7) is 3.58. The number of aromatic nitrogens is 2. The van der Waals surface area contributed by atoms with Crippen LogP contribution in [0.3, 0.4) is 0 Å². The summed E-state index contributed by atoms with van der Waals surface area (Å²) in [6, 6.07) is 16.1. The molecule has 0 radical (unpaired) electrons. The Kier molecular flexibility index (Phi) is 5.28. The van der Waals surface area contributed by atoms with Gasteiger partial charge in [0.15, 0.2) is 0 Å². The maximum Gasteiger partial charge on any atom is 0.147 e. The fourth-order valence-electron chi connectivity index (χ4n) is 3.50. The summed E-state index contributed by atoms with van der Waals surface area (Å²) in [5.41, 5.74) is 2.99. The quantitative estimate of drug-likeness (QED) is 0.679. The zero-order valence-electron chi connectivity index (χ0n) is 16.2. The number of para-hydroxylation sites is 2. The van der Waals surface area contributed by atoms with Gasteiger partial charge in [-0.3, -0.25) is 4.98 Å². The summed E-state index contributed by atoms with van der Waals surface area (Å²) in [5, 5.41) is 0. The number of rotatable bonds is 5. The zero-order chi connectivity index (χ0) is 19.3. The molecule has 1 aromatic heterocycles. The number of nitrogens with zero attached hydrogens (tertiary/aromatic N) is 4. The van der Waals surface area contributed by atoms with Crippen LogP contribution in [-0.2, 0) is 0 Å². The van der Waals surface area contributed by atoms with Crippen LogP contribution in [-0.4, -0.2) is 50.4 Å². The Morgan fingerprint density at radius 1 is 0.821 bits per heavy atom. The maximum atomic E-state index is 5.51. The highest BCUT2D eigenvalue weighted by Crippen LogP contribution is 2.29. The Hall–Kier alpha value is -3.28. The highest BCUT2D eigenvalue weighted by atomic mass is 16.5. The van der Waals surface area contributed by atoms with Crippen molar-refractivity contribution in [1.29, 1.82) is 0 Å². The van der Waals surface area contributed by atoms with Gasteiger partial charge in [0.1, 0.15) is 17.3 Å². The molecule has 1 fully saturated rings. The average Bonchev–Trinajstić information content (AvgIpc) is 2.79. The molecule has 0 bridgehead atoms. The number of piperazine rings is 1. The summed E-state index contributed by atoms with van der Waals surface area (Å²) in [6.07, 6.45) is 3.63. The minimum absolute atomic E-state index is 0.815. The van der Waals surface area contributed by atoms with Gasteiger partial charge in [-0.25, -0.2) is 4.98 Å². The molecular weight excluding hydrogens is 352 g/mol. The van der Waals surface area contributed by atoms with Gasteiger partial charge in [-0.05, 0) is 24.3 Å². The molecule has 0 aliphatic carbocycles. The Morgan fingerprint density at radius 3 is 2.39 bits per heavy atom. The van der Waals surface area contributed by atoms with E-state index >= 15 is 0 Å². The molecule has 6 heteroatoms. The third kappa shape index (κ3) is 3.71. The maximum absolute atomic E-state index is 5.51. The van der Waals surface area contributed by atoms with Crippen molar-refractivity contribution in [3.8, 4) is 22.8 Å². The van der Waals surface area contributed by atoms with E-state index in [1.807, 2.05) is 48.7 Å². The van der Waals surface area contributed by atoms with Crippen LogP contribution in [0.25, 0.3) is 11.3 Å². The number of hydrogen-bond donors (Lipinski definition) is 0. The molecular formula is C22H24N4O2. The van der Waals surface area contributed by atoms with Crippen molar-refractivity contribution in [2.75, 3.05) is 50.2 Å². The van der Waals surface area contributed by atoms with Crippen molar-refractivity contribution in [3.63, 3.8) is 0 Å². The molecule has 1 aliphatic heterocycles. The molecule has 28 heavy (non-hydrogen) atoms. The molecule has 0 spiro atoms. The van der Waals surface area contributed by atoms with Crippen LogP contribution >= 0.6 is 0 Å². The van der Waals surface area contributed by atoms with E-state index in [1.54, 1.807) is 20.4 Å². The molecule has 2 heterocycles. The molecule has 6 nitrogen and oxygen atoms in total. The number of hydrogen-bond acceptors (Lipinski definition) is 6. The standard InChI is InChI=1S/C22H24N4O2/c1-27-18-7-5-6-17(14-18)19-15-23-16-22(24-19)26-12-10-25(11-13-26)20-8-3-4-9-21(20)28-2/h3-9,14-16H,10-13H2,1-2H3. The van der Waals surface area contributed by atoms with E-state index in [-0.39, 0.29) is 0 Å². The molecule has 0 atom stereocenters. The van der Waals surface area contributed by atoms with Crippen LogP contribution in [0.5, 0.6) is 11.5 Å². The van der Waals surface area contributed by atoms with Crippen molar-refractivity contribution in [2.45, 2.75) is 0 Å². The molecule has 0 unspecified atom stereocenters. The van der Waals surface area contributed by atoms with Crippen molar-refractivity contribution in [1.82, 2.24) is 9.97 Å². The predicted molar refractivity (Wildman–Crippen MR) is 111 cm³/mol. The first-order valence-corrected chi connectivity index (χ1v) is 9.38. The second-order valence-corrected chi connectivity index (χ2v) is 6.64. The van der Waals surface area contributed by atoms with Gasteiger partial charge in [0.05, 0.1) is 38.0 Å². The van der Waals surface area contributed by atoms with Crippen LogP contribution in [0.15, 0.2) is 60.9 Å². The van der Waals surface area contributed by atoms with E-state index < -0.39 is 0 Å². The monoisotopic (exact) mass is 376 g/mol. The first kappa shape index (κ1) is 18.1. The van der Waals surface area contributed by atoms with E-state index in [9.17, 15) is 0 Å². The van der Waals surface area contributed by atoms with Crippen molar-refractivity contribution in [3.05, 3.63) is 60.9 Å².